The van der Waals surface area contributed by atoms with Crippen LogP contribution in [0.2, 0.25) is 0 Å². The molecule has 106 valence electrons. The predicted octanol–water partition coefficient (Wildman–Crippen LogP) is 1.34. The van der Waals surface area contributed by atoms with Crippen molar-refractivity contribution in [3.05, 3.63) is 42.2 Å². The van der Waals surface area contributed by atoms with Gasteiger partial charge < -0.3 is 4.74 Å². The first-order valence-corrected chi connectivity index (χ1v) is 6.87. The molecular weight excluding hydrogens is 254 g/mol. The lowest BCUT2D eigenvalue weighted by Crippen LogP contribution is -2.38. The number of nitrogens with two attached hydrogens (primary N) is 1. The van der Waals surface area contributed by atoms with Gasteiger partial charge >= 0.3 is 0 Å². The van der Waals surface area contributed by atoms with Crippen LogP contribution in [0.15, 0.2) is 36.5 Å². The number of hydrogen-bond acceptors (Lipinski definition) is 5. The zero-order valence-corrected chi connectivity index (χ0v) is 11.4. The smallest absolute Gasteiger partial charge is 0.0911 e. The lowest BCUT2D eigenvalue weighted by Gasteiger charge is -2.23. The summed E-state index contributed by atoms with van der Waals surface area (Å²) in [7, 11) is 0. The van der Waals surface area contributed by atoms with Crippen molar-refractivity contribution in [3.8, 4) is 5.69 Å². The fourth-order valence-electron chi connectivity index (χ4n) is 2.69. The SMILES string of the molecule is CC1CCC(C(NN)c2cnnn2-c2ccccc2)O1. The Morgan fingerprint density at radius 1 is 1.35 bits per heavy atom. The molecule has 2 heterocycles. The van der Waals surface area contributed by atoms with Gasteiger partial charge in [-0.1, -0.05) is 23.4 Å². The van der Waals surface area contributed by atoms with Crippen LogP contribution in [-0.2, 0) is 4.74 Å². The molecule has 3 unspecified atom stereocenters. The largest absolute Gasteiger partial charge is 0.373 e. The lowest BCUT2D eigenvalue weighted by molar-refractivity contribution is 0.0301. The molecule has 1 saturated heterocycles. The Bertz CT molecular complexity index is 556. The highest BCUT2D eigenvalue weighted by atomic mass is 16.5. The molecule has 3 rings (SSSR count). The molecular formula is C14H19N5O. The zero-order chi connectivity index (χ0) is 13.9. The lowest BCUT2D eigenvalue weighted by atomic mass is 10.1. The van der Waals surface area contributed by atoms with E-state index in [9.17, 15) is 0 Å². The minimum atomic E-state index is -0.116. The van der Waals surface area contributed by atoms with Crippen molar-refractivity contribution >= 4 is 0 Å². The fourth-order valence-corrected chi connectivity index (χ4v) is 2.69. The van der Waals surface area contributed by atoms with Crippen LogP contribution in [0.1, 0.15) is 31.5 Å². The summed E-state index contributed by atoms with van der Waals surface area (Å²) in [5, 5.41) is 8.18. The van der Waals surface area contributed by atoms with Gasteiger partial charge in [0.05, 0.1) is 35.8 Å². The Kier molecular flexibility index (Phi) is 3.77. The molecule has 6 nitrogen and oxygen atoms in total. The number of hydrazine groups is 1. The van der Waals surface area contributed by atoms with Gasteiger partial charge in [0.2, 0.25) is 0 Å². The maximum atomic E-state index is 5.92. The monoisotopic (exact) mass is 273 g/mol. The number of nitrogens with one attached hydrogen (secondary N) is 1. The topological polar surface area (TPSA) is 78.0 Å². The first-order chi connectivity index (χ1) is 9.79. The minimum Gasteiger partial charge on any atom is -0.373 e. The first-order valence-electron chi connectivity index (χ1n) is 6.87. The average molecular weight is 273 g/mol. The number of ether oxygens (including phenoxy) is 1. The summed E-state index contributed by atoms with van der Waals surface area (Å²) in [5.41, 5.74) is 4.73. The molecule has 1 aromatic heterocycles. The zero-order valence-electron chi connectivity index (χ0n) is 11.4. The Hall–Kier alpha value is -1.76. The van der Waals surface area contributed by atoms with Crippen molar-refractivity contribution in [2.75, 3.05) is 0 Å². The van der Waals surface area contributed by atoms with Crippen molar-refractivity contribution < 1.29 is 4.74 Å². The third-order valence-electron chi connectivity index (χ3n) is 3.71. The van der Waals surface area contributed by atoms with E-state index in [1.54, 1.807) is 10.9 Å². The highest BCUT2D eigenvalue weighted by Crippen LogP contribution is 2.30. The summed E-state index contributed by atoms with van der Waals surface area (Å²) in [6.07, 6.45) is 4.10. The average Bonchev–Trinajstić information content (AvgIpc) is 3.11. The summed E-state index contributed by atoms with van der Waals surface area (Å²) in [6.45, 7) is 2.08. The van der Waals surface area contributed by atoms with Gasteiger partial charge in [0.25, 0.3) is 0 Å². The molecule has 1 aliphatic rings. The molecule has 2 aromatic rings. The molecule has 6 heteroatoms. The number of nitrogens with zero attached hydrogens (tertiary/aromatic N) is 3. The van der Waals surface area contributed by atoms with Gasteiger partial charge in [0.1, 0.15) is 0 Å². The van der Waals surface area contributed by atoms with Crippen molar-refractivity contribution in [2.24, 2.45) is 5.84 Å². The van der Waals surface area contributed by atoms with E-state index in [2.05, 4.69) is 22.7 Å². The summed E-state index contributed by atoms with van der Waals surface area (Å²) in [6, 6.07) is 9.78. The second-order valence-corrected chi connectivity index (χ2v) is 5.11. The van der Waals surface area contributed by atoms with Gasteiger partial charge in [-0.2, -0.15) is 0 Å². The van der Waals surface area contributed by atoms with E-state index in [1.165, 1.54) is 0 Å². The van der Waals surface area contributed by atoms with Gasteiger partial charge in [-0.25, -0.2) is 10.1 Å². The predicted molar refractivity (Wildman–Crippen MR) is 75.0 cm³/mol. The molecule has 0 bridgehead atoms. The van der Waals surface area contributed by atoms with Crippen LogP contribution in [0.4, 0.5) is 0 Å². The summed E-state index contributed by atoms with van der Waals surface area (Å²) in [4.78, 5) is 0. The van der Waals surface area contributed by atoms with Gasteiger partial charge in [0.15, 0.2) is 0 Å². The van der Waals surface area contributed by atoms with E-state index in [0.717, 1.165) is 24.2 Å². The molecule has 1 aromatic carbocycles. The molecule has 3 atom stereocenters. The standard InChI is InChI=1S/C14H19N5O/c1-10-7-8-13(20-10)14(17-15)12-9-16-18-19(12)11-5-3-2-4-6-11/h2-6,9-10,13-14,17H,7-8,15H2,1H3. The first kappa shape index (κ1) is 13.2. The number of para-hydroxylation sites is 1. The van der Waals surface area contributed by atoms with Crippen LogP contribution in [0, 0.1) is 0 Å². The molecule has 0 radical (unpaired) electrons. The van der Waals surface area contributed by atoms with Crippen LogP contribution in [0.3, 0.4) is 0 Å². The highest BCUT2D eigenvalue weighted by Gasteiger charge is 2.32. The molecule has 0 saturated carbocycles. The summed E-state index contributed by atoms with van der Waals surface area (Å²) >= 11 is 0. The number of aromatic nitrogens is 3. The number of benzene rings is 1. The molecule has 1 aliphatic heterocycles. The van der Waals surface area contributed by atoms with Gasteiger partial charge in [-0.3, -0.25) is 5.84 Å². The second-order valence-electron chi connectivity index (χ2n) is 5.11. The normalized spacial score (nSPS) is 23.9. The Labute approximate surface area is 117 Å². The van der Waals surface area contributed by atoms with Crippen LogP contribution < -0.4 is 11.3 Å². The van der Waals surface area contributed by atoms with E-state index in [4.69, 9.17) is 10.6 Å². The van der Waals surface area contributed by atoms with E-state index in [1.807, 2.05) is 30.3 Å². The minimum absolute atomic E-state index is 0.0518. The van der Waals surface area contributed by atoms with Gasteiger partial charge in [0, 0.05) is 0 Å². The second kappa shape index (κ2) is 5.70. The Morgan fingerprint density at radius 2 is 2.15 bits per heavy atom. The molecule has 0 aliphatic carbocycles. The molecule has 0 spiro atoms. The summed E-state index contributed by atoms with van der Waals surface area (Å²) < 4.78 is 7.72. The van der Waals surface area contributed by atoms with E-state index < -0.39 is 0 Å². The molecule has 3 N–H and O–H groups in total. The van der Waals surface area contributed by atoms with Crippen LogP contribution >= 0.6 is 0 Å². The van der Waals surface area contributed by atoms with Gasteiger partial charge in [-0.05, 0) is 31.9 Å². The third kappa shape index (κ3) is 2.45. The molecule has 0 amide bonds. The van der Waals surface area contributed by atoms with E-state index >= 15 is 0 Å². The van der Waals surface area contributed by atoms with Crippen molar-refractivity contribution in [3.63, 3.8) is 0 Å². The quantitative estimate of drug-likeness (QED) is 0.649. The van der Waals surface area contributed by atoms with Crippen molar-refractivity contribution in [2.45, 2.75) is 38.0 Å². The number of rotatable bonds is 4. The maximum Gasteiger partial charge on any atom is 0.0911 e. The van der Waals surface area contributed by atoms with E-state index in [0.29, 0.717) is 0 Å². The van der Waals surface area contributed by atoms with Crippen molar-refractivity contribution in [1.82, 2.24) is 20.4 Å². The maximum absolute atomic E-state index is 5.92. The van der Waals surface area contributed by atoms with Crippen LogP contribution in [0.25, 0.3) is 5.69 Å². The Balaban J connectivity index is 1.91. The molecule has 20 heavy (non-hydrogen) atoms. The van der Waals surface area contributed by atoms with Gasteiger partial charge in [-0.15, -0.1) is 5.10 Å². The van der Waals surface area contributed by atoms with E-state index in [-0.39, 0.29) is 18.2 Å². The Morgan fingerprint density at radius 3 is 2.80 bits per heavy atom. The van der Waals surface area contributed by atoms with Crippen molar-refractivity contribution in [1.29, 1.82) is 0 Å². The third-order valence-corrected chi connectivity index (χ3v) is 3.71. The summed E-state index contributed by atoms with van der Waals surface area (Å²) in [5.74, 6) is 5.74. The van der Waals surface area contributed by atoms with Crippen LogP contribution in [-0.4, -0.2) is 27.2 Å². The fraction of sp³-hybridized carbons (Fsp3) is 0.429. The number of hydrogen-bond donors (Lipinski definition) is 2. The van der Waals surface area contributed by atoms with Crippen LogP contribution in [0.5, 0.6) is 0 Å². The molecule has 1 fully saturated rings. The highest BCUT2D eigenvalue weighted by molar-refractivity contribution is 5.32.